The number of aliphatic hydroxyl groups is 1. The van der Waals surface area contributed by atoms with E-state index in [1.807, 2.05) is 0 Å². The second-order valence-electron chi connectivity index (χ2n) is 8.22. The summed E-state index contributed by atoms with van der Waals surface area (Å²) in [5, 5.41) is 11.4. The lowest BCUT2D eigenvalue weighted by atomic mass is 9.94. The molecule has 0 radical (unpaired) electrons. The predicted octanol–water partition coefficient (Wildman–Crippen LogP) is 3.49. The molecule has 1 N–H and O–H groups in total. The number of carbonyl (C=O) groups excluding carboxylic acids is 2. The number of nitrogens with zero attached hydrogens (tertiary/aromatic N) is 2. The number of benzene rings is 2. The third kappa shape index (κ3) is 3.98. The quantitative estimate of drug-likeness (QED) is 0.319. The van der Waals surface area contributed by atoms with E-state index in [0.717, 1.165) is 5.56 Å². The lowest BCUT2D eigenvalue weighted by molar-refractivity contribution is -0.140. The Hall–Kier alpha value is -4.53. The van der Waals surface area contributed by atoms with Crippen molar-refractivity contribution in [2.45, 2.75) is 12.6 Å². The van der Waals surface area contributed by atoms with Gasteiger partial charge in [0.05, 0.1) is 25.8 Å². The van der Waals surface area contributed by atoms with E-state index in [4.69, 9.17) is 18.9 Å². The normalized spacial score (nSPS) is 18.3. The van der Waals surface area contributed by atoms with E-state index in [-0.39, 0.29) is 17.9 Å². The molecule has 1 unspecified atom stereocenters. The molecule has 9 nitrogen and oxygen atoms in total. The van der Waals surface area contributed by atoms with Gasteiger partial charge in [-0.05, 0) is 42.0 Å². The fourth-order valence-corrected chi connectivity index (χ4v) is 4.52. The summed E-state index contributed by atoms with van der Waals surface area (Å²) in [5.74, 6) is -0.0677. The zero-order valence-electron chi connectivity index (χ0n) is 19.8. The fraction of sp³-hybridized carbons (Fsp3) is 0.222. The number of carbonyl (C=O) groups is 2. The van der Waals surface area contributed by atoms with Crippen LogP contribution in [0.25, 0.3) is 5.76 Å². The van der Waals surface area contributed by atoms with E-state index in [1.54, 1.807) is 60.9 Å². The summed E-state index contributed by atoms with van der Waals surface area (Å²) in [5.41, 5.74) is 1.55. The molecule has 184 valence electrons. The van der Waals surface area contributed by atoms with E-state index < -0.39 is 17.7 Å². The van der Waals surface area contributed by atoms with Crippen LogP contribution in [-0.2, 0) is 16.1 Å². The maximum absolute atomic E-state index is 13.4. The third-order valence-electron chi connectivity index (χ3n) is 6.19. The zero-order valence-corrected chi connectivity index (χ0v) is 19.8. The minimum atomic E-state index is -0.934. The summed E-state index contributed by atoms with van der Waals surface area (Å²) in [6.45, 7) is 0.915. The van der Waals surface area contributed by atoms with E-state index in [2.05, 4.69) is 4.98 Å². The van der Waals surface area contributed by atoms with E-state index in [0.29, 0.717) is 47.3 Å². The van der Waals surface area contributed by atoms with Crippen molar-refractivity contribution in [3.8, 4) is 23.0 Å². The van der Waals surface area contributed by atoms with E-state index in [1.165, 1.54) is 19.1 Å². The first kappa shape index (κ1) is 23.2. The molecule has 5 rings (SSSR count). The van der Waals surface area contributed by atoms with Crippen molar-refractivity contribution in [1.82, 2.24) is 9.88 Å². The molecule has 0 saturated carbocycles. The van der Waals surface area contributed by atoms with Crippen molar-refractivity contribution in [2.24, 2.45) is 0 Å². The number of hydrogen-bond acceptors (Lipinski definition) is 8. The summed E-state index contributed by atoms with van der Waals surface area (Å²) in [4.78, 5) is 32.2. The lowest BCUT2D eigenvalue weighted by Gasteiger charge is -2.27. The second-order valence-corrected chi connectivity index (χ2v) is 8.22. The molecule has 1 fully saturated rings. The Morgan fingerprint density at radius 2 is 1.78 bits per heavy atom. The summed E-state index contributed by atoms with van der Waals surface area (Å²) in [6.07, 6.45) is 3.23. The number of methoxy groups -OCH3 is 2. The highest BCUT2D eigenvalue weighted by Crippen LogP contribution is 2.46. The largest absolute Gasteiger partial charge is 0.507 e. The first-order valence-corrected chi connectivity index (χ1v) is 11.3. The van der Waals surface area contributed by atoms with Gasteiger partial charge in [0.15, 0.2) is 23.0 Å². The van der Waals surface area contributed by atoms with Crippen molar-refractivity contribution in [2.75, 3.05) is 27.4 Å². The minimum Gasteiger partial charge on any atom is -0.507 e. The Morgan fingerprint density at radius 1 is 1.03 bits per heavy atom. The number of aliphatic hydroxyl groups excluding tert-OH is 1. The molecule has 0 spiro atoms. The van der Waals surface area contributed by atoms with Gasteiger partial charge < -0.3 is 29.0 Å². The molecule has 2 aliphatic heterocycles. The van der Waals surface area contributed by atoms with Gasteiger partial charge in [-0.1, -0.05) is 12.1 Å². The molecular formula is C27H24N2O7. The van der Waals surface area contributed by atoms with Gasteiger partial charge in [0, 0.05) is 30.1 Å². The highest BCUT2D eigenvalue weighted by Gasteiger charge is 2.47. The Kier molecular flexibility index (Phi) is 6.20. The maximum atomic E-state index is 13.4. The van der Waals surface area contributed by atoms with Crippen molar-refractivity contribution >= 4 is 17.4 Å². The molecule has 3 heterocycles. The molecule has 1 saturated heterocycles. The number of Topliss-reactive ketones (excluding diaryl/α,β-unsaturated/α-hetero) is 1. The average Bonchev–Trinajstić information content (AvgIpc) is 3.17. The van der Waals surface area contributed by atoms with Crippen LogP contribution in [0, 0.1) is 0 Å². The fourth-order valence-electron chi connectivity index (χ4n) is 4.52. The summed E-state index contributed by atoms with van der Waals surface area (Å²) >= 11 is 0. The number of ether oxygens (including phenoxy) is 4. The topological polar surface area (TPSA) is 107 Å². The summed E-state index contributed by atoms with van der Waals surface area (Å²) < 4.78 is 22.3. The zero-order chi connectivity index (χ0) is 25.2. The van der Waals surface area contributed by atoms with E-state index in [9.17, 15) is 14.7 Å². The van der Waals surface area contributed by atoms with Crippen LogP contribution >= 0.6 is 0 Å². The van der Waals surface area contributed by atoms with E-state index >= 15 is 0 Å². The number of aromatic nitrogens is 1. The predicted molar refractivity (Wildman–Crippen MR) is 129 cm³/mol. The SMILES string of the molecule is COc1cccc(C2C(=C(O)c3ccc4c(c3)OCCO4)C(=O)C(=O)N2Cc2ccncc2)c1OC. The highest BCUT2D eigenvalue weighted by atomic mass is 16.6. The van der Waals surface area contributed by atoms with Crippen LogP contribution in [0.15, 0.2) is 66.5 Å². The van der Waals surface area contributed by atoms with Crippen LogP contribution < -0.4 is 18.9 Å². The van der Waals surface area contributed by atoms with Gasteiger partial charge in [-0.25, -0.2) is 0 Å². The number of likely N-dealkylation sites (tertiary alicyclic amines) is 1. The number of pyridine rings is 1. The second kappa shape index (κ2) is 9.61. The van der Waals surface area contributed by atoms with Gasteiger partial charge in [-0.15, -0.1) is 0 Å². The molecule has 1 atom stereocenters. The van der Waals surface area contributed by atoms with Crippen LogP contribution in [0.5, 0.6) is 23.0 Å². The van der Waals surface area contributed by atoms with Crippen LogP contribution in [0.1, 0.15) is 22.7 Å². The van der Waals surface area contributed by atoms with Crippen LogP contribution in [0.2, 0.25) is 0 Å². The minimum absolute atomic E-state index is 0.0581. The Labute approximate surface area is 207 Å². The van der Waals surface area contributed by atoms with Gasteiger partial charge in [0.25, 0.3) is 11.7 Å². The molecule has 1 aromatic heterocycles. The summed E-state index contributed by atoms with van der Waals surface area (Å²) in [7, 11) is 2.99. The smallest absolute Gasteiger partial charge is 0.295 e. The molecule has 9 heteroatoms. The van der Waals surface area contributed by atoms with Crippen molar-refractivity contribution < 1.29 is 33.6 Å². The molecule has 36 heavy (non-hydrogen) atoms. The number of ketones is 1. The molecule has 2 aromatic carbocycles. The first-order chi connectivity index (χ1) is 17.5. The lowest BCUT2D eigenvalue weighted by Crippen LogP contribution is -2.29. The molecule has 3 aromatic rings. The molecular weight excluding hydrogens is 464 g/mol. The molecule has 2 aliphatic rings. The molecule has 0 bridgehead atoms. The molecule has 1 amide bonds. The Morgan fingerprint density at radius 3 is 2.50 bits per heavy atom. The molecule has 0 aliphatic carbocycles. The maximum Gasteiger partial charge on any atom is 0.295 e. The van der Waals surface area contributed by atoms with Crippen LogP contribution in [0.4, 0.5) is 0 Å². The monoisotopic (exact) mass is 488 g/mol. The number of fused-ring (bicyclic) bond motifs is 1. The van der Waals surface area contributed by atoms with Gasteiger partial charge in [-0.3, -0.25) is 14.6 Å². The Bertz CT molecular complexity index is 1350. The Balaban J connectivity index is 1.69. The standard InChI is InChI=1S/C27H24N2O7/c1-33-20-5-3-4-18(26(20)34-2)23-22(24(30)17-6-7-19-21(14-17)36-13-12-35-19)25(31)27(32)29(23)15-16-8-10-28-11-9-16/h3-11,14,23,30H,12-13,15H2,1-2H3. The number of hydrogen-bond donors (Lipinski definition) is 1. The van der Waals surface area contributed by atoms with Crippen molar-refractivity contribution in [1.29, 1.82) is 0 Å². The summed E-state index contributed by atoms with van der Waals surface area (Å²) in [6, 6.07) is 12.7. The van der Waals surface area contributed by atoms with Crippen molar-refractivity contribution in [3.63, 3.8) is 0 Å². The first-order valence-electron chi connectivity index (χ1n) is 11.3. The van der Waals surface area contributed by atoms with Gasteiger partial charge in [0.1, 0.15) is 19.0 Å². The number of para-hydroxylation sites is 1. The highest BCUT2D eigenvalue weighted by molar-refractivity contribution is 6.46. The third-order valence-corrected chi connectivity index (χ3v) is 6.19. The average molecular weight is 488 g/mol. The van der Waals surface area contributed by atoms with Crippen LogP contribution in [-0.4, -0.2) is 54.1 Å². The van der Waals surface area contributed by atoms with Crippen LogP contribution in [0.3, 0.4) is 0 Å². The van der Waals surface area contributed by atoms with Crippen molar-refractivity contribution in [3.05, 3.63) is 83.2 Å². The number of rotatable bonds is 6. The van der Waals surface area contributed by atoms with Gasteiger partial charge >= 0.3 is 0 Å². The van der Waals surface area contributed by atoms with Gasteiger partial charge in [0.2, 0.25) is 0 Å². The van der Waals surface area contributed by atoms with Gasteiger partial charge in [-0.2, -0.15) is 0 Å². The number of amides is 1.